The SMILES string of the molecule is Cn1nc(C(=O)N2CCCC(C(=O)c3ccccn3)C2)c2c1CCC(=O)C2. The summed E-state index contributed by atoms with van der Waals surface area (Å²) in [5.41, 5.74) is 2.54. The fraction of sp³-hybridized carbons (Fsp3) is 0.450. The van der Waals surface area contributed by atoms with Crippen molar-refractivity contribution in [1.82, 2.24) is 19.7 Å². The van der Waals surface area contributed by atoms with Gasteiger partial charge in [0, 0.05) is 56.4 Å². The molecular formula is C20H22N4O3. The average Bonchev–Trinajstić information content (AvgIpc) is 3.03. The highest BCUT2D eigenvalue weighted by atomic mass is 16.2. The summed E-state index contributed by atoms with van der Waals surface area (Å²) in [5.74, 6) is -0.309. The fourth-order valence-corrected chi connectivity index (χ4v) is 4.06. The van der Waals surface area contributed by atoms with Crippen molar-refractivity contribution in [1.29, 1.82) is 0 Å². The molecule has 1 fully saturated rings. The monoisotopic (exact) mass is 366 g/mol. The van der Waals surface area contributed by atoms with Crippen LogP contribution >= 0.6 is 0 Å². The van der Waals surface area contributed by atoms with Gasteiger partial charge in [-0.05, 0) is 31.4 Å². The lowest BCUT2D eigenvalue weighted by molar-refractivity contribution is -0.118. The van der Waals surface area contributed by atoms with Gasteiger partial charge in [0.1, 0.15) is 11.5 Å². The molecule has 1 aliphatic carbocycles. The van der Waals surface area contributed by atoms with E-state index >= 15 is 0 Å². The van der Waals surface area contributed by atoms with Crippen molar-refractivity contribution in [2.24, 2.45) is 13.0 Å². The summed E-state index contributed by atoms with van der Waals surface area (Å²) < 4.78 is 1.72. The minimum atomic E-state index is -0.251. The molecule has 0 saturated carbocycles. The van der Waals surface area contributed by atoms with Gasteiger partial charge in [-0.3, -0.25) is 24.0 Å². The molecule has 1 aliphatic heterocycles. The summed E-state index contributed by atoms with van der Waals surface area (Å²) in [6, 6.07) is 5.28. The molecule has 0 aromatic carbocycles. The van der Waals surface area contributed by atoms with E-state index in [1.807, 2.05) is 7.05 Å². The zero-order chi connectivity index (χ0) is 19.0. The smallest absolute Gasteiger partial charge is 0.274 e. The van der Waals surface area contributed by atoms with Crippen molar-refractivity contribution >= 4 is 17.5 Å². The first-order valence-electron chi connectivity index (χ1n) is 9.35. The van der Waals surface area contributed by atoms with Crippen molar-refractivity contribution in [2.75, 3.05) is 13.1 Å². The number of nitrogens with zero attached hydrogens (tertiary/aromatic N) is 4. The minimum Gasteiger partial charge on any atom is -0.337 e. The van der Waals surface area contributed by atoms with Crippen LogP contribution in [0.15, 0.2) is 24.4 Å². The molecule has 0 radical (unpaired) electrons. The van der Waals surface area contributed by atoms with E-state index in [1.54, 1.807) is 34.0 Å². The van der Waals surface area contributed by atoms with Gasteiger partial charge in [0.2, 0.25) is 0 Å². The van der Waals surface area contributed by atoms with Gasteiger partial charge in [0.25, 0.3) is 5.91 Å². The summed E-state index contributed by atoms with van der Waals surface area (Å²) >= 11 is 0. The Morgan fingerprint density at radius 3 is 2.85 bits per heavy atom. The number of fused-ring (bicyclic) bond motifs is 1. The van der Waals surface area contributed by atoms with Crippen LogP contribution in [0.5, 0.6) is 0 Å². The standard InChI is InChI=1S/C20H22N4O3/c1-23-17-8-7-14(25)11-15(17)18(22-23)20(27)24-10-4-5-13(12-24)19(26)16-6-2-3-9-21-16/h2-3,6,9,13H,4-5,7-8,10-12H2,1H3. The van der Waals surface area contributed by atoms with Gasteiger partial charge in [0.05, 0.1) is 0 Å². The van der Waals surface area contributed by atoms with Crippen LogP contribution in [-0.2, 0) is 24.7 Å². The van der Waals surface area contributed by atoms with E-state index in [0.29, 0.717) is 37.3 Å². The van der Waals surface area contributed by atoms with E-state index < -0.39 is 0 Å². The average molecular weight is 366 g/mol. The zero-order valence-corrected chi connectivity index (χ0v) is 15.4. The van der Waals surface area contributed by atoms with Gasteiger partial charge in [-0.25, -0.2) is 0 Å². The third-order valence-corrected chi connectivity index (χ3v) is 5.49. The van der Waals surface area contributed by atoms with E-state index in [2.05, 4.69) is 10.1 Å². The second-order valence-electron chi connectivity index (χ2n) is 7.28. The minimum absolute atomic E-state index is 0.0219. The van der Waals surface area contributed by atoms with Crippen LogP contribution in [-0.4, -0.2) is 50.2 Å². The van der Waals surface area contributed by atoms with Crippen LogP contribution in [0, 0.1) is 5.92 Å². The number of carbonyl (C=O) groups is 3. The number of hydrogen-bond donors (Lipinski definition) is 0. The van der Waals surface area contributed by atoms with E-state index in [-0.39, 0.29) is 29.8 Å². The first-order valence-corrected chi connectivity index (χ1v) is 9.35. The Bertz CT molecular complexity index is 903. The topological polar surface area (TPSA) is 85.2 Å². The van der Waals surface area contributed by atoms with Gasteiger partial charge in [-0.2, -0.15) is 5.10 Å². The fourth-order valence-electron chi connectivity index (χ4n) is 4.06. The Labute approximate surface area is 157 Å². The maximum atomic E-state index is 13.1. The number of piperidine rings is 1. The first-order chi connectivity index (χ1) is 13.0. The molecule has 2 aromatic heterocycles. The Hall–Kier alpha value is -2.83. The molecule has 0 spiro atoms. The molecule has 140 valence electrons. The number of aromatic nitrogens is 3. The molecule has 7 nitrogen and oxygen atoms in total. The molecule has 3 heterocycles. The van der Waals surface area contributed by atoms with Crippen LogP contribution < -0.4 is 0 Å². The quantitative estimate of drug-likeness (QED) is 0.771. The molecule has 1 amide bonds. The molecule has 0 bridgehead atoms. The Morgan fingerprint density at radius 2 is 2.07 bits per heavy atom. The van der Waals surface area contributed by atoms with Crippen LogP contribution in [0.25, 0.3) is 0 Å². The lowest BCUT2D eigenvalue weighted by Crippen LogP contribution is -2.43. The number of ketones is 2. The molecule has 2 aromatic rings. The van der Waals surface area contributed by atoms with E-state index in [4.69, 9.17) is 0 Å². The second kappa shape index (κ2) is 7.06. The summed E-state index contributed by atoms with van der Waals surface area (Å²) in [4.78, 5) is 43.5. The Balaban J connectivity index is 1.55. The van der Waals surface area contributed by atoms with Crippen molar-refractivity contribution in [2.45, 2.75) is 32.1 Å². The zero-order valence-electron chi connectivity index (χ0n) is 15.4. The number of rotatable bonds is 3. The van der Waals surface area contributed by atoms with Crippen molar-refractivity contribution < 1.29 is 14.4 Å². The summed E-state index contributed by atoms with van der Waals surface area (Å²) in [5, 5.41) is 4.41. The summed E-state index contributed by atoms with van der Waals surface area (Å²) in [6.45, 7) is 0.970. The number of hydrogen-bond acceptors (Lipinski definition) is 5. The third-order valence-electron chi connectivity index (χ3n) is 5.49. The second-order valence-corrected chi connectivity index (χ2v) is 7.28. The normalized spacial score (nSPS) is 19.7. The highest BCUT2D eigenvalue weighted by Crippen LogP contribution is 2.26. The number of carbonyl (C=O) groups excluding carboxylic acids is 3. The van der Waals surface area contributed by atoms with Crippen molar-refractivity contribution in [3.63, 3.8) is 0 Å². The molecule has 27 heavy (non-hydrogen) atoms. The molecule has 4 rings (SSSR count). The van der Waals surface area contributed by atoms with E-state index in [1.165, 1.54) is 0 Å². The number of aryl methyl sites for hydroxylation is 1. The summed E-state index contributed by atoms with van der Waals surface area (Å²) in [6.07, 6.45) is 4.53. The van der Waals surface area contributed by atoms with Crippen molar-refractivity contribution in [3.05, 3.63) is 47.0 Å². The number of likely N-dealkylation sites (tertiary alicyclic amines) is 1. The van der Waals surface area contributed by atoms with Crippen molar-refractivity contribution in [3.8, 4) is 0 Å². The highest BCUT2D eigenvalue weighted by molar-refractivity contribution is 5.99. The maximum absolute atomic E-state index is 13.1. The first kappa shape index (κ1) is 17.6. The van der Waals surface area contributed by atoms with E-state index in [9.17, 15) is 14.4 Å². The summed E-state index contributed by atoms with van der Waals surface area (Å²) in [7, 11) is 1.81. The lowest BCUT2D eigenvalue weighted by atomic mass is 9.91. The Kier molecular flexibility index (Phi) is 4.59. The van der Waals surface area contributed by atoms with Crippen LogP contribution in [0.4, 0.5) is 0 Å². The maximum Gasteiger partial charge on any atom is 0.274 e. The molecule has 1 atom stereocenters. The molecule has 2 aliphatic rings. The highest BCUT2D eigenvalue weighted by Gasteiger charge is 2.34. The van der Waals surface area contributed by atoms with Crippen LogP contribution in [0.2, 0.25) is 0 Å². The predicted octanol–water partition coefficient (Wildman–Crippen LogP) is 1.61. The molecule has 0 N–H and O–H groups in total. The molecule has 7 heteroatoms. The van der Waals surface area contributed by atoms with E-state index in [0.717, 1.165) is 24.1 Å². The van der Waals surface area contributed by atoms with Crippen LogP contribution in [0.3, 0.4) is 0 Å². The Morgan fingerprint density at radius 1 is 1.22 bits per heavy atom. The molecule has 1 unspecified atom stereocenters. The molecular weight excluding hydrogens is 344 g/mol. The van der Waals surface area contributed by atoms with Gasteiger partial charge >= 0.3 is 0 Å². The lowest BCUT2D eigenvalue weighted by Gasteiger charge is -2.31. The van der Waals surface area contributed by atoms with Gasteiger partial charge < -0.3 is 4.90 Å². The number of pyridine rings is 1. The molecule has 1 saturated heterocycles. The largest absolute Gasteiger partial charge is 0.337 e. The number of amides is 1. The van der Waals surface area contributed by atoms with Crippen LogP contribution in [0.1, 0.15) is 51.5 Å². The van der Waals surface area contributed by atoms with Gasteiger partial charge in [-0.15, -0.1) is 0 Å². The third kappa shape index (κ3) is 3.29. The number of Topliss-reactive ketones (excluding diaryl/α,β-unsaturated/α-hetero) is 2. The predicted molar refractivity (Wildman–Crippen MR) is 97.4 cm³/mol. The van der Waals surface area contributed by atoms with Gasteiger partial charge in [-0.1, -0.05) is 6.07 Å². The van der Waals surface area contributed by atoms with Gasteiger partial charge in [0.15, 0.2) is 11.5 Å².